The first-order valence-corrected chi connectivity index (χ1v) is 4.08. The largest absolute Gasteiger partial charge is 0.396 e. The summed E-state index contributed by atoms with van der Waals surface area (Å²) in [4.78, 5) is 0. The zero-order valence-electron chi connectivity index (χ0n) is 6.98. The fourth-order valence-corrected chi connectivity index (χ4v) is 1.18. The van der Waals surface area contributed by atoms with Crippen LogP contribution in [0.25, 0.3) is 0 Å². The Hall–Kier alpha value is -0.0400. The van der Waals surface area contributed by atoms with Gasteiger partial charge >= 0.3 is 0 Å². The Morgan fingerprint density at radius 3 is 2.30 bits per heavy atom. The third-order valence-corrected chi connectivity index (χ3v) is 2.45. The summed E-state index contributed by atoms with van der Waals surface area (Å²) < 4.78 is 0. The number of aliphatic hydroxyl groups is 1. The monoisotopic (exact) mass is 141 g/mol. The van der Waals surface area contributed by atoms with Crippen molar-refractivity contribution in [3.05, 3.63) is 5.92 Å². The van der Waals surface area contributed by atoms with Crippen LogP contribution in [0, 0.1) is 11.3 Å². The van der Waals surface area contributed by atoms with E-state index in [-0.39, 0.29) is 0 Å². The summed E-state index contributed by atoms with van der Waals surface area (Å²) in [5, 5.41) is 8.96. The zero-order chi connectivity index (χ0) is 7.61. The Bertz CT molecular complexity index is 103. The van der Waals surface area contributed by atoms with E-state index in [2.05, 4.69) is 13.8 Å². The lowest BCUT2D eigenvalue weighted by Gasteiger charge is -2.11. The topological polar surface area (TPSA) is 20.2 Å². The lowest BCUT2D eigenvalue weighted by molar-refractivity contribution is 0.202. The number of rotatable bonds is 4. The Morgan fingerprint density at radius 1 is 1.40 bits per heavy atom. The Morgan fingerprint density at radius 2 is 2.00 bits per heavy atom. The van der Waals surface area contributed by atoms with Gasteiger partial charge in [0.1, 0.15) is 0 Å². The second-order valence-electron chi connectivity index (χ2n) is 3.87. The molecule has 0 amide bonds. The van der Waals surface area contributed by atoms with E-state index in [9.17, 15) is 0 Å². The van der Waals surface area contributed by atoms with Crippen molar-refractivity contribution in [2.45, 2.75) is 39.5 Å². The molecular formula is C9H17O. The molecule has 1 fully saturated rings. The van der Waals surface area contributed by atoms with Crippen LogP contribution < -0.4 is 0 Å². The van der Waals surface area contributed by atoms with Gasteiger partial charge in [-0.3, -0.25) is 0 Å². The number of hydrogen-bond donors (Lipinski definition) is 1. The van der Waals surface area contributed by atoms with Crippen LogP contribution in [0.15, 0.2) is 0 Å². The molecule has 1 aliphatic rings. The van der Waals surface area contributed by atoms with Crippen molar-refractivity contribution in [3.8, 4) is 0 Å². The van der Waals surface area contributed by atoms with Crippen molar-refractivity contribution in [2.75, 3.05) is 6.61 Å². The van der Waals surface area contributed by atoms with Gasteiger partial charge in [-0.25, -0.2) is 0 Å². The fourth-order valence-electron chi connectivity index (χ4n) is 1.18. The molecule has 0 unspecified atom stereocenters. The third-order valence-electron chi connectivity index (χ3n) is 2.45. The molecule has 1 radical (unpaired) electrons. The van der Waals surface area contributed by atoms with E-state index in [1.54, 1.807) is 0 Å². The molecule has 0 aromatic heterocycles. The minimum absolute atomic E-state index is 0.358. The van der Waals surface area contributed by atoms with E-state index in [0.29, 0.717) is 12.0 Å². The van der Waals surface area contributed by atoms with Crippen LogP contribution in [0.4, 0.5) is 0 Å². The summed E-state index contributed by atoms with van der Waals surface area (Å²) in [6.45, 7) is 4.72. The van der Waals surface area contributed by atoms with Crippen molar-refractivity contribution in [2.24, 2.45) is 5.41 Å². The highest BCUT2D eigenvalue weighted by Gasteiger charge is 2.41. The molecule has 1 heteroatoms. The molecule has 0 bridgehead atoms. The summed E-state index contributed by atoms with van der Waals surface area (Å²) in [5.74, 6) is 1.49. The second kappa shape index (κ2) is 2.91. The first-order valence-electron chi connectivity index (χ1n) is 4.08. The summed E-state index contributed by atoms with van der Waals surface area (Å²) in [5.41, 5.74) is 0.358. The first kappa shape index (κ1) is 8.06. The van der Waals surface area contributed by atoms with Gasteiger partial charge < -0.3 is 5.11 Å². The number of aliphatic hydroxyl groups excluding tert-OH is 1. The first-order chi connectivity index (χ1) is 4.68. The average molecular weight is 141 g/mol. The van der Waals surface area contributed by atoms with Gasteiger partial charge in [-0.2, -0.15) is 0 Å². The molecule has 0 atom stereocenters. The fraction of sp³-hybridized carbons (Fsp3) is 0.889. The van der Waals surface area contributed by atoms with Crippen LogP contribution in [0.5, 0.6) is 0 Å². The Kier molecular flexibility index (Phi) is 2.35. The van der Waals surface area contributed by atoms with Crippen LogP contribution in [-0.4, -0.2) is 11.7 Å². The predicted molar refractivity (Wildman–Crippen MR) is 42.6 cm³/mol. The average Bonchev–Trinajstić information content (AvgIpc) is 2.64. The minimum Gasteiger partial charge on any atom is -0.396 e. The van der Waals surface area contributed by atoms with E-state index in [4.69, 9.17) is 5.11 Å². The number of hydrogen-bond acceptors (Lipinski definition) is 1. The van der Waals surface area contributed by atoms with Crippen LogP contribution >= 0.6 is 0 Å². The third kappa shape index (κ3) is 1.98. The van der Waals surface area contributed by atoms with E-state index in [1.165, 1.54) is 31.6 Å². The van der Waals surface area contributed by atoms with Gasteiger partial charge in [0.25, 0.3) is 0 Å². The molecule has 0 heterocycles. The maximum absolute atomic E-state index is 8.96. The van der Waals surface area contributed by atoms with Gasteiger partial charge in [0.05, 0.1) is 0 Å². The molecule has 0 aliphatic heterocycles. The molecule has 1 rings (SSSR count). The summed E-state index contributed by atoms with van der Waals surface area (Å²) in [7, 11) is 0. The molecule has 59 valence electrons. The smallest absolute Gasteiger partial charge is 0.0487 e. The van der Waals surface area contributed by atoms with E-state index >= 15 is 0 Å². The maximum Gasteiger partial charge on any atom is 0.0487 e. The lowest BCUT2D eigenvalue weighted by atomic mass is 9.96. The van der Waals surface area contributed by atoms with E-state index in [1.807, 2.05) is 0 Å². The molecule has 10 heavy (non-hydrogen) atoms. The van der Waals surface area contributed by atoms with Crippen LogP contribution in [0.2, 0.25) is 0 Å². The molecular weight excluding hydrogens is 124 g/mol. The molecule has 1 saturated carbocycles. The SMILES string of the molecule is C[C](C)CCC1(CO)CC1. The highest BCUT2D eigenvalue weighted by atomic mass is 16.3. The van der Waals surface area contributed by atoms with E-state index in [0.717, 1.165) is 0 Å². The van der Waals surface area contributed by atoms with Crippen LogP contribution in [-0.2, 0) is 0 Å². The maximum atomic E-state index is 8.96. The molecule has 1 N–H and O–H groups in total. The van der Waals surface area contributed by atoms with Crippen molar-refractivity contribution in [3.63, 3.8) is 0 Å². The summed E-state index contributed by atoms with van der Waals surface area (Å²) >= 11 is 0. The summed E-state index contributed by atoms with van der Waals surface area (Å²) in [6, 6.07) is 0. The van der Waals surface area contributed by atoms with Crippen molar-refractivity contribution in [1.29, 1.82) is 0 Å². The molecule has 0 aromatic rings. The highest BCUT2D eigenvalue weighted by molar-refractivity contribution is 4.94. The molecule has 0 aromatic carbocycles. The molecule has 0 spiro atoms. The van der Waals surface area contributed by atoms with Gasteiger partial charge in [0, 0.05) is 6.61 Å². The van der Waals surface area contributed by atoms with Crippen LogP contribution in [0.1, 0.15) is 39.5 Å². The van der Waals surface area contributed by atoms with Gasteiger partial charge in [-0.05, 0) is 37.0 Å². The predicted octanol–water partition coefficient (Wildman–Crippen LogP) is 2.15. The van der Waals surface area contributed by atoms with Crippen molar-refractivity contribution in [1.82, 2.24) is 0 Å². The highest BCUT2D eigenvalue weighted by Crippen LogP contribution is 2.49. The van der Waals surface area contributed by atoms with Crippen molar-refractivity contribution >= 4 is 0 Å². The molecule has 0 saturated heterocycles. The second-order valence-corrected chi connectivity index (χ2v) is 3.87. The molecule has 1 aliphatic carbocycles. The molecule has 1 nitrogen and oxygen atoms in total. The quantitative estimate of drug-likeness (QED) is 0.636. The Balaban J connectivity index is 2.13. The van der Waals surface area contributed by atoms with Gasteiger partial charge in [-0.1, -0.05) is 13.8 Å². The lowest BCUT2D eigenvalue weighted by Crippen LogP contribution is -2.06. The summed E-state index contributed by atoms with van der Waals surface area (Å²) in [6.07, 6.45) is 4.89. The van der Waals surface area contributed by atoms with Crippen molar-refractivity contribution < 1.29 is 5.11 Å². The standard InChI is InChI=1S/C9H17O/c1-8(2)3-4-9(7-10)5-6-9/h10H,3-7H2,1-2H3. The normalized spacial score (nSPS) is 21.6. The Labute approximate surface area is 63.4 Å². The van der Waals surface area contributed by atoms with Gasteiger partial charge in [-0.15, -0.1) is 0 Å². The van der Waals surface area contributed by atoms with Gasteiger partial charge in [0.15, 0.2) is 0 Å². The van der Waals surface area contributed by atoms with Gasteiger partial charge in [0.2, 0.25) is 0 Å². The minimum atomic E-state index is 0.358. The van der Waals surface area contributed by atoms with E-state index < -0.39 is 0 Å². The zero-order valence-corrected chi connectivity index (χ0v) is 6.98. The van der Waals surface area contributed by atoms with Crippen LogP contribution in [0.3, 0.4) is 0 Å².